The molecule has 10 heteroatoms. The Labute approximate surface area is 124 Å². The van der Waals surface area contributed by atoms with E-state index in [4.69, 9.17) is 23.2 Å². The van der Waals surface area contributed by atoms with E-state index in [1.54, 1.807) is 0 Å². The molecule has 0 N–H and O–H groups in total. The molecule has 0 atom stereocenters. The standard InChI is InChI=1S/C9H4BrCl2F3N4/c10-3-2-19(9(15)17-6(3)13)7-5(12)4(1-11)16-8(14)18-7/h1-2H2. The van der Waals surface area contributed by atoms with Gasteiger partial charge in [-0.15, -0.1) is 11.6 Å². The number of amidine groups is 1. The van der Waals surface area contributed by atoms with Crippen LogP contribution in [-0.2, 0) is 5.88 Å². The van der Waals surface area contributed by atoms with Crippen molar-refractivity contribution in [1.29, 1.82) is 0 Å². The van der Waals surface area contributed by atoms with E-state index in [0.717, 1.165) is 4.90 Å². The van der Waals surface area contributed by atoms with Crippen LogP contribution >= 0.6 is 39.1 Å². The Bertz CT molecular complexity index is 593. The molecule has 0 fully saturated rings. The van der Waals surface area contributed by atoms with Gasteiger partial charge in [0.2, 0.25) is 5.95 Å². The molecule has 1 aromatic rings. The average Bonchev–Trinajstić information content (AvgIpc) is 2.36. The summed E-state index contributed by atoms with van der Waals surface area (Å²) < 4.78 is 39.9. The first-order valence-corrected chi connectivity index (χ1v) is 6.48. The van der Waals surface area contributed by atoms with Crippen molar-refractivity contribution in [3.05, 3.63) is 27.2 Å². The van der Waals surface area contributed by atoms with Crippen molar-refractivity contribution in [1.82, 2.24) is 9.97 Å². The first-order chi connectivity index (χ1) is 8.93. The molecule has 2 rings (SSSR count). The normalized spacial score (nSPS) is 15.9. The molecular weight excluding hydrogens is 372 g/mol. The highest BCUT2D eigenvalue weighted by atomic mass is 79.9. The van der Waals surface area contributed by atoms with Crippen LogP contribution in [0.5, 0.6) is 0 Å². The van der Waals surface area contributed by atoms with Crippen LogP contribution in [0.4, 0.5) is 19.0 Å². The lowest BCUT2D eigenvalue weighted by atomic mass is 10.3. The van der Waals surface area contributed by atoms with Crippen molar-refractivity contribution >= 4 is 51.0 Å². The monoisotopic (exact) mass is 374 g/mol. The van der Waals surface area contributed by atoms with Crippen molar-refractivity contribution in [2.24, 2.45) is 4.99 Å². The summed E-state index contributed by atoms with van der Waals surface area (Å²) in [5, 5.41) is -0.121. The van der Waals surface area contributed by atoms with E-state index in [1.165, 1.54) is 0 Å². The highest BCUT2D eigenvalue weighted by Gasteiger charge is 2.27. The van der Waals surface area contributed by atoms with Gasteiger partial charge in [0, 0.05) is 0 Å². The summed E-state index contributed by atoms with van der Waals surface area (Å²) >= 11 is 14.3. The maximum Gasteiger partial charge on any atom is 0.310 e. The van der Waals surface area contributed by atoms with Gasteiger partial charge in [-0.25, -0.2) is 4.98 Å². The predicted molar refractivity (Wildman–Crippen MR) is 69.5 cm³/mol. The number of rotatable bonds is 2. The van der Waals surface area contributed by atoms with Crippen molar-refractivity contribution in [3.63, 3.8) is 0 Å². The Morgan fingerprint density at radius 1 is 1.26 bits per heavy atom. The molecule has 19 heavy (non-hydrogen) atoms. The number of aromatic nitrogens is 2. The van der Waals surface area contributed by atoms with Gasteiger partial charge in [-0.05, 0) is 15.9 Å². The Balaban J connectivity index is 2.50. The van der Waals surface area contributed by atoms with Crippen LogP contribution in [-0.4, -0.2) is 22.6 Å². The Morgan fingerprint density at radius 2 is 1.95 bits per heavy atom. The van der Waals surface area contributed by atoms with Crippen LogP contribution in [0.3, 0.4) is 0 Å². The van der Waals surface area contributed by atoms with Crippen molar-refractivity contribution < 1.29 is 13.2 Å². The van der Waals surface area contributed by atoms with Gasteiger partial charge in [0.15, 0.2) is 5.82 Å². The fraction of sp³-hybridized carbons (Fsp3) is 0.222. The summed E-state index contributed by atoms with van der Waals surface area (Å²) in [6.07, 6.45) is -2.31. The lowest BCUT2D eigenvalue weighted by Crippen LogP contribution is -2.33. The molecule has 4 nitrogen and oxygen atoms in total. The molecule has 0 saturated carbocycles. The molecule has 0 unspecified atom stereocenters. The van der Waals surface area contributed by atoms with Gasteiger partial charge < -0.3 is 0 Å². The summed E-state index contributed by atoms with van der Waals surface area (Å²) in [7, 11) is 0. The quantitative estimate of drug-likeness (QED) is 0.449. The van der Waals surface area contributed by atoms with E-state index in [9.17, 15) is 13.2 Å². The van der Waals surface area contributed by atoms with E-state index >= 15 is 0 Å². The van der Waals surface area contributed by atoms with E-state index in [0.29, 0.717) is 0 Å². The van der Waals surface area contributed by atoms with Gasteiger partial charge in [0.05, 0.1) is 22.6 Å². The summed E-state index contributed by atoms with van der Waals surface area (Å²) in [6, 6.07) is 0. The lowest BCUT2D eigenvalue weighted by molar-refractivity contribution is 0.533. The number of nitrogens with zero attached hydrogens (tertiary/aromatic N) is 4. The molecule has 1 aliphatic rings. The van der Waals surface area contributed by atoms with Gasteiger partial charge in [0.1, 0.15) is 5.02 Å². The minimum atomic E-state index is -1.19. The van der Waals surface area contributed by atoms with Crippen LogP contribution in [0.25, 0.3) is 0 Å². The molecule has 0 amide bonds. The fourth-order valence-corrected chi connectivity index (χ4v) is 2.21. The SMILES string of the molecule is FC1=NC(F)=C(Br)CN1c1nc(F)nc(CCl)c1Cl. The van der Waals surface area contributed by atoms with Gasteiger partial charge in [0.25, 0.3) is 6.09 Å². The van der Waals surface area contributed by atoms with Crippen molar-refractivity contribution in [3.8, 4) is 0 Å². The Hall–Kier alpha value is -0.860. The molecule has 0 aromatic carbocycles. The zero-order valence-electron chi connectivity index (χ0n) is 8.97. The molecule has 0 saturated heterocycles. The topological polar surface area (TPSA) is 41.4 Å². The van der Waals surface area contributed by atoms with Crippen molar-refractivity contribution in [2.75, 3.05) is 11.4 Å². The van der Waals surface area contributed by atoms with Gasteiger partial charge in [-0.2, -0.15) is 23.1 Å². The third-order valence-corrected chi connectivity index (χ3v) is 3.41. The van der Waals surface area contributed by atoms with Gasteiger partial charge in [-0.3, -0.25) is 4.90 Å². The predicted octanol–water partition coefficient (Wildman–Crippen LogP) is 3.69. The number of halogens is 6. The fourth-order valence-electron chi connectivity index (χ4n) is 1.35. The molecule has 1 aromatic heterocycles. The van der Waals surface area contributed by atoms with E-state index in [-0.39, 0.29) is 33.4 Å². The van der Waals surface area contributed by atoms with E-state index < -0.39 is 18.1 Å². The number of hydrogen-bond acceptors (Lipinski definition) is 4. The lowest BCUT2D eigenvalue weighted by Gasteiger charge is -2.24. The molecule has 0 bridgehead atoms. The summed E-state index contributed by atoms with van der Waals surface area (Å²) in [5.74, 6) is -1.45. The minimum Gasteiger partial charge on any atom is -0.280 e. The number of aliphatic imine (C=N–C) groups is 1. The molecule has 0 radical (unpaired) electrons. The molecule has 0 aliphatic carbocycles. The van der Waals surface area contributed by atoms with Crippen molar-refractivity contribution in [2.45, 2.75) is 5.88 Å². The molecule has 102 valence electrons. The summed E-state index contributed by atoms with van der Waals surface area (Å²) in [5.41, 5.74) is 0.00443. The third kappa shape index (κ3) is 2.85. The number of anilines is 1. The Kier molecular flexibility index (Phi) is 4.32. The van der Waals surface area contributed by atoms with Gasteiger partial charge in [-0.1, -0.05) is 11.6 Å². The highest BCUT2D eigenvalue weighted by molar-refractivity contribution is 9.11. The highest BCUT2D eigenvalue weighted by Crippen LogP contribution is 2.32. The summed E-state index contributed by atoms with van der Waals surface area (Å²) in [6.45, 7) is -0.265. The first kappa shape index (κ1) is 14.5. The zero-order valence-corrected chi connectivity index (χ0v) is 12.1. The van der Waals surface area contributed by atoms with Crippen LogP contribution in [0, 0.1) is 6.08 Å². The second kappa shape index (κ2) is 5.64. The van der Waals surface area contributed by atoms with E-state index in [2.05, 4.69) is 30.9 Å². The van der Waals surface area contributed by atoms with Crippen LogP contribution in [0.2, 0.25) is 5.02 Å². The molecule has 0 spiro atoms. The summed E-state index contributed by atoms with van der Waals surface area (Å²) in [4.78, 5) is 10.6. The molecule has 2 heterocycles. The second-order valence-corrected chi connectivity index (χ2v) is 4.98. The maximum absolute atomic E-state index is 13.6. The average molecular weight is 376 g/mol. The molecular formula is C9H4BrCl2F3N4. The number of alkyl halides is 1. The van der Waals surface area contributed by atoms with Crippen LogP contribution < -0.4 is 4.90 Å². The van der Waals surface area contributed by atoms with E-state index in [1.807, 2.05) is 0 Å². The Morgan fingerprint density at radius 3 is 2.58 bits per heavy atom. The van der Waals surface area contributed by atoms with Gasteiger partial charge >= 0.3 is 6.08 Å². The number of hydrogen-bond donors (Lipinski definition) is 0. The van der Waals surface area contributed by atoms with Crippen LogP contribution in [0.15, 0.2) is 15.4 Å². The first-order valence-electron chi connectivity index (χ1n) is 4.77. The molecule has 1 aliphatic heterocycles. The van der Waals surface area contributed by atoms with Crippen LogP contribution in [0.1, 0.15) is 5.69 Å². The largest absolute Gasteiger partial charge is 0.310 e. The minimum absolute atomic E-state index is 0.00443. The second-order valence-electron chi connectivity index (χ2n) is 3.37. The maximum atomic E-state index is 13.6. The zero-order chi connectivity index (χ0) is 14.2. The smallest absolute Gasteiger partial charge is 0.280 e. The third-order valence-electron chi connectivity index (χ3n) is 2.19.